The Balaban J connectivity index is 1.74. The monoisotopic (exact) mass is 366 g/mol. The molecule has 4 nitrogen and oxygen atoms in total. The van der Waals surface area contributed by atoms with E-state index in [-0.39, 0.29) is 11.8 Å². The van der Waals surface area contributed by atoms with E-state index >= 15 is 0 Å². The number of sulfonamides is 1. The van der Waals surface area contributed by atoms with Crippen molar-refractivity contribution < 1.29 is 8.42 Å². The van der Waals surface area contributed by atoms with Gasteiger partial charge in [-0.1, -0.05) is 6.42 Å². The summed E-state index contributed by atoms with van der Waals surface area (Å²) in [5, 5.41) is 3.26. The second-order valence-electron chi connectivity index (χ2n) is 4.78. The first kappa shape index (κ1) is 15.4. The number of hydrogen-bond donors (Lipinski definition) is 2. The molecule has 1 atom stereocenters. The summed E-state index contributed by atoms with van der Waals surface area (Å²) >= 11 is 5.04. The molecule has 2 rings (SSSR count). The van der Waals surface area contributed by atoms with Crippen LogP contribution < -0.4 is 10.0 Å². The molecule has 0 amide bonds. The number of nitrogens with one attached hydrogen (secondary N) is 2. The SMILES string of the molecule is O=S(=O)(CC1CCCCN1)NCCc1ccc(Br)s1. The zero-order valence-electron chi connectivity index (χ0n) is 10.7. The van der Waals surface area contributed by atoms with Crippen LogP contribution in [0, 0.1) is 0 Å². The zero-order chi connectivity index (χ0) is 13.7. The van der Waals surface area contributed by atoms with E-state index in [2.05, 4.69) is 26.0 Å². The molecule has 2 heterocycles. The lowest BCUT2D eigenvalue weighted by molar-refractivity contribution is 0.422. The Kier molecular flexibility index (Phi) is 5.83. The molecule has 7 heteroatoms. The Bertz CT molecular complexity index is 496. The quantitative estimate of drug-likeness (QED) is 0.810. The van der Waals surface area contributed by atoms with Crippen molar-refractivity contribution >= 4 is 37.3 Å². The molecule has 1 fully saturated rings. The Hall–Kier alpha value is 0.0500. The normalized spacial score (nSPS) is 20.6. The van der Waals surface area contributed by atoms with E-state index in [1.54, 1.807) is 11.3 Å². The molecule has 0 aromatic carbocycles. The molecule has 0 aliphatic carbocycles. The predicted octanol–water partition coefficient (Wildman–Crippen LogP) is 2.11. The molecule has 0 saturated carbocycles. The maximum atomic E-state index is 11.9. The molecule has 2 N–H and O–H groups in total. The van der Waals surface area contributed by atoms with Crippen LogP contribution in [0.2, 0.25) is 0 Å². The van der Waals surface area contributed by atoms with Crippen molar-refractivity contribution in [2.75, 3.05) is 18.8 Å². The highest BCUT2D eigenvalue weighted by molar-refractivity contribution is 9.11. The lowest BCUT2D eigenvalue weighted by Gasteiger charge is -2.23. The molecule has 1 saturated heterocycles. The number of piperidine rings is 1. The summed E-state index contributed by atoms with van der Waals surface area (Å²) < 4.78 is 27.6. The third-order valence-electron chi connectivity index (χ3n) is 3.16. The third-order valence-corrected chi connectivity index (χ3v) is 6.32. The highest BCUT2D eigenvalue weighted by Gasteiger charge is 2.20. The van der Waals surface area contributed by atoms with Gasteiger partial charge in [-0.25, -0.2) is 13.1 Å². The first-order valence-electron chi connectivity index (χ1n) is 6.50. The van der Waals surface area contributed by atoms with Gasteiger partial charge in [0.25, 0.3) is 0 Å². The van der Waals surface area contributed by atoms with Gasteiger partial charge in [-0.05, 0) is 53.9 Å². The van der Waals surface area contributed by atoms with Crippen LogP contribution in [0.25, 0.3) is 0 Å². The lowest BCUT2D eigenvalue weighted by Crippen LogP contribution is -2.42. The van der Waals surface area contributed by atoms with E-state index in [0.717, 1.165) is 36.0 Å². The van der Waals surface area contributed by atoms with Crippen molar-refractivity contribution in [3.05, 3.63) is 20.8 Å². The number of thiophene rings is 1. The van der Waals surface area contributed by atoms with E-state index in [0.29, 0.717) is 6.54 Å². The molecular weight excluding hydrogens is 348 g/mol. The number of hydrogen-bond acceptors (Lipinski definition) is 4. The standard InChI is InChI=1S/C12H19BrN2O2S2/c13-12-5-4-11(18-12)6-8-15-19(16,17)9-10-3-1-2-7-14-10/h4-5,10,14-15H,1-3,6-9H2. The van der Waals surface area contributed by atoms with Crippen LogP contribution in [0.3, 0.4) is 0 Å². The molecule has 1 aromatic rings. The van der Waals surface area contributed by atoms with Crippen LogP contribution in [0.5, 0.6) is 0 Å². The van der Waals surface area contributed by atoms with E-state index in [9.17, 15) is 8.42 Å². The van der Waals surface area contributed by atoms with Crippen LogP contribution >= 0.6 is 27.3 Å². The van der Waals surface area contributed by atoms with Gasteiger partial charge in [0, 0.05) is 17.5 Å². The lowest BCUT2D eigenvalue weighted by atomic mass is 10.1. The van der Waals surface area contributed by atoms with Gasteiger partial charge in [0.2, 0.25) is 10.0 Å². The van der Waals surface area contributed by atoms with E-state index < -0.39 is 10.0 Å². The summed E-state index contributed by atoms with van der Waals surface area (Å²) in [4.78, 5) is 1.19. The topological polar surface area (TPSA) is 58.2 Å². The van der Waals surface area contributed by atoms with Gasteiger partial charge in [0.15, 0.2) is 0 Å². The van der Waals surface area contributed by atoms with Crippen LogP contribution in [0.15, 0.2) is 15.9 Å². The average molecular weight is 367 g/mol. The Morgan fingerprint density at radius 3 is 2.89 bits per heavy atom. The number of halogens is 1. The third kappa shape index (κ3) is 5.51. The van der Waals surface area contributed by atoms with Crippen LogP contribution in [-0.2, 0) is 16.4 Å². The number of rotatable bonds is 6. The molecule has 0 bridgehead atoms. The second-order valence-corrected chi connectivity index (χ2v) is 9.18. The van der Waals surface area contributed by atoms with Gasteiger partial charge in [-0.2, -0.15) is 0 Å². The summed E-state index contributed by atoms with van der Waals surface area (Å²) in [6.07, 6.45) is 3.97. The molecular formula is C12H19BrN2O2S2. The summed E-state index contributed by atoms with van der Waals surface area (Å²) in [6, 6.07) is 4.12. The van der Waals surface area contributed by atoms with Crippen LogP contribution in [0.1, 0.15) is 24.1 Å². The minimum absolute atomic E-state index is 0.113. The molecule has 0 spiro atoms. The second kappa shape index (κ2) is 7.17. The molecule has 1 aliphatic heterocycles. The Morgan fingerprint density at radius 2 is 2.26 bits per heavy atom. The van der Waals surface area contributed by atoms with Gasteiger partial charge < -0.3 is 5.32 Å². The predicted molar refractivity (Wildman–Crippen MR) is 83.2 cm³/mol. The van der Waals surface area contributed by atoms with Gasteiger partial charge in [0.1, 0.15) is 0 Å². The van der Waals surface area contributed by atoms with Gasteiger partial charge in [-0.15, -0.1) is 11.3 Å². The minimum atomic E-state index is -3.16. The smallest absolute Gasteiger partial charge is 0.213 e. The highest BCUT2D eigenvalue weighted by atomic mass is 79.9. The van der Waals surface area contributed by atoms with E-state index in [1.807, 2.05) is 12.1 Å². The average Bonchev–Trinajstić information content (AvgIpc) is 2.75. The minimum Gasteiger partial charge on any atom is -0.313 e. The molecule has 108 valence electrons. The highest BCUT2D eigenvalue weighted by Crippen LogP contribution is 2.22. The van der Waals surface area contributed by atoms with Crippen molar-refractivity contribution in [3.8, 4) is 0 Å². The van der Waals surface area contributed by atoms with E-state index in [1.165, 1.54) is 4.88 Å². The molecule has 19 heavy (non-hydrogen) atoms. The summed E-state index contributed by atoms with van der Waals surface area (Å²) in [6.45, 7) is 1.41. The molecule has 1 unspecified atom stereocenters. The largest absolute Gasteiger partial charge is 0.313 e. The van der Waals surface area contributed by atoms with Crippen LogP contribution in [0.4, 0.5) is 0 Å². The summed E-state index contributed by atoms with van der Waals surface area (Å²) in [7, 11) is -3.16. The first-order valence-corrected chi connectivity index (χ1v) is 9.76. The summed E-state index contributed by atoms with van der Waals surface area (Å²) in [5.74, 6) is 0.196. The van der Waals surface area contributed by atoms with Crippen LogP contribution in [-0.4, -0.2) is 33.3 Å². The fourth-order valence-corrected chi connectivity index (χ4v) is 5.03. The van der Waals surface area contributed by atoms with Crippen molar-refractivity contribution in [1.82, 2.24) is 10.0 Å². The Morgan fingerprint density at radius 1 is 1.42 bits per heavy atom. The fraction of sp³-hybridized carbons (Fsp3) is 0.667. The first-order chi connectivity index (χ1) is 9.05. The van der Waals surface area contributed by atoms with E-state index in [4.69, 9.17) is 0 Å². The fourth-order valence-electron chi connectivity index (χ4n) is 2.21. The molecule has 1 aliphatic rings. The maximum absolute atomic E-state index is 11.9. The summed E-state index contributed by atoms with van der Waals surface area (Å²) in [5.41, 5.74) is 0. The van der Waals surface area contributed by atoms with Gasteiger partial charge in [0.05, 0.1) is 9.54 Å². The van der Waals surface area contributed by atoms with Gasteiger partial charge in [-0.3, -0.25) is 0 Å². The molecule has 0 radical (unpaired) electrons. The zero-order valence-corrected chi connectivity index (χ0v) is 13.9. The van der Waals surface area contributed by atoms with Crippen molar-refractivity contribution in [2.45, 2.75) is 31.7 Å². The Labute approximate surface area is 127 Å². The van der Waals surface area contributed by atoms with Crippen molar-refractivity contribution in [1.29, 1.82) is 0 Å². The van der Waals surface area contributed by atoms with Crippen molar-refractivity contribution in [2.24, 2.45) is 0 Å². The van der Waals surface area contributed by atoms with Gasteiger partial charge >= 0.3 is 0 Å². The maximum Gasteiger partial charge on any atom is 0.213 e. The van der Waals surface area contributed by atoms with Crippen molar-refractivity contribution in [3.63, 3.8) is 0 Å². The molecule has 1 aromatic heterocycles.